The van der Waals surface area contributed by atoms with Crippen LogP contribution in [-0.4, -0.2) is 6.61 Å². The molecule has 0 aromatic heterocycles. The molecular formula is C18H26O. The monoisotopic (exact) mass is 258 g/mol. The van der Waals surface area contributed by atoms with Crippen LogP contribution in [0, 0.1) is 17.8 Å². The van der Waals surface area contributed by atoms with Crippen LogP contribution in [0.25, 0.3) is 0 Å². The zero-order chi connectivity index (χ0) is 14.5. The summed E-state index contributed by atoms with van der Waals surface area (Å²) in [6.45, 7) is 13.5. The van der Waals surface area contributed by atoms with E-state index >= 15 is 0 Å². The minimum Gasteiger partial charge on any atom is -0.494 e. The Morgan fingerprint density at radius 1 is 1.26 bits per heavy atom. The van der Waals surface area contributed by atoms with Crippen molar-refractivity contribution in [3.05, 3.63) is 29.3 Å². The second kappa shape index (κ2) is 6.66. The highest BCUT2D eigenvalue weighted by Crippen LogP contribution is 2.29. The molecule has 1 nitrogen and oxygen atoms in total. The van der Waals surface area contributed by atoms with E-state index in [0.717, 1.165) is 12.2 Å². The first kappa shape index (κ1) is 15.6. The predicted octanol–water partition coefficient (Wildman–Crippen LogP) is 4.58. The molecule has 19 heavy (non-hydrogen) atoms. The summed E-state index contributed by atoms with van der Waals surface area (Å²) in [5, 5.41) is 0. The summed E-state index contributed by atoms with van der Waals surface area (Å²) in [5.41, 5.74) is 2.78. The number of hydrogen-bond donors (Lipinski definition) is 0. The molecule has 0 heterocycles. The van der Waals surface area contributed by atoms with E-state index in [1.54, 1.807) is 0 Å². The lowest BCUT2D eigenvalue weighted by atomic mass is 9.85. The van der Waals surface area contributed by atoms with E-state index in [2.05, 4.69) is 57.7 Å². The molecule has 1 unspecified atom stereocenters. The maximum atomic E-state index is 5.74. The SMILES string of the molecule is CC#CC(C)Cc1cc(C(C)(C)C)ccc1OCC. The van der Waals surface area contributed by atoms with Crippen molar-refractivity contribution in [3.8, 4) is 17.6 Å². The van der Waals surface area contributed by atoms with E-state index in [1.807, 2.05) is 13.8 Å². The lowest BCUT2D eigenvalue weighted by molar-refractivity contribution is 0.335. The Bertz CT molecular complexity index is 469. The van der Waals surface area contributed by atoms with Crippen molar-refractivity contribution >= 4 is 0 Å². The van der Waals surface area contributed by atoms with E-state index < -0.39 is 0 Å². The summed E-state index contributed by atoms with van der Waals surface area (Å²) in [5.74, 6) is 7.57. The molecule has 0 aliphatic carbocycles. The topological polar surface area (TPSA) is 9.23 Å². The molecule has 0 N–H and O–H groups in total. The highest BCUT2D eigenvalue weighted by atomic mass is 16.5. The molecule has 0 saturated heterocycles. The molecule has 1 aromatic rings. The zero-order valence-electron chi connectivity index (χ0n) is 13.1. The Morgan fingerprint density at radius 3 is 2.47 bits per heavy atom. The molecule has 1 aromatic carbocycles. The van der Waals surface area contributed by atoms with Crippen LogP contribution in [0.4, 0.5) is 0 Å². The first-order valence-corrected chi connectivity index (χ1v) is 7.07. The molecule has 0 saturated carbocycles. The van der Waals surface area contributed by atoms with Crippen LogP contribution >= 0.6 is 0 Å². The normalized spacial score (nSPS) is 12.5. The maximum Gasteiger partial charge on any atom is 0.122 e. The lowest BCUT2D eigenvalue weighted by Gasteiger charge is -2.22. The zero-order valence-corrected chi connectivity index (χ0v) is 13.1. The van der Waals surface area contributed by atoms with Crippen molar-refractivity contribution in [1.82, 2.24) is 0 Å². The fraction of sp³-hybridized carbons (Fsp3) is 0.556. The lowest BCUT2D eigenvalue weighted by Crippen LogP contribution is -2.12. The molecule has 104 valence electrons. The smallest absolute Gasteiger partial charge is 0.122 e. The van der Waals surface area contributed by atoms with Crippen LogP contribution < -0.4 is 4.74 Å². The standard InChI is InChI=1S/C18H26O/c1-7-9-14(3)12-15-13-16(18(4,5)6)10-11-17(15)19-8-2/h10-11,13-14H,8,12H2,1-6H3. The molecule has 0 bridgehead atoms. The molecule has 1 rings (SSSR count). The van der Waals surface area contributed by atoms with Gasteiger partial charge in [0.2, 0.25) is 0 Å². The van der Waals surface area contributed by atoms with E-state index in [4.69, 9.17) is 4.74 Å². The highest BCUT2D eigenvalue weighted by molar-refractivity contribution is 5.40. The fourth-order valence-electron chi connectivity index (χ4n) is 2.13. The molecule has 1 heteroatoms. The van der Waals surface area contributed by atoms with Crippen LogP contribution in [0.3, 0.4) is 0 Å². The van der Waals surface area contributed by atoms with Gasteiger partial charge in [-0.2, -0.15) is 0 Å². The van der Waals surface area contributed by atoms with Gasteiger partial charge in [0.1, 0.15) is 5.75 Å². The van der Waals surface area contributed by atoms with E-state index in [1.165, 1.54) is 11.1 Å². The molecule has 1 atom stereocenters. The second-order valence-corrected chi connectivity index (χ2v) is 6.01. The first-order valence-electron chi connectivity index (χ1n) is 7.07. The van der Waals surface area contributed by atoms with Gasteiger partial charge in [-0.25, -0.2) is 0 Å². The van der Waals surface area contributed by atoms with Gasteiger partial charge >= 0.3 is 0 Å². The second-order valence-electron chi connectivity index (χ2n) is 6.01. The predicted molar refractivity (Wildman–Crippen MR) is 82.6 cm³/mol. The van der Waals surface area contributed by atoms with Crippen molar-refractivity contribution in [2.75, 3.05) is 6.61 Å². The van der Waals surface area contributed by atoms with Gasteiger partial charge in [0.15, 0.2) is 0 Å². The molecule has 0 fully saturated rings. The third kappa shape index (κ3) is 4.63. The van der Waals surface area contributed by atoms with Crippen molar-refractivity contribution in [2.45, 2.75) is 53.4 Å². The summed E-state index contributed by atoms with van der Waals surface area (Å²) < 4.78 is 5.74. The van der Waals surface area contributed by atoms with Crippen LogP contribution in [-0.2, 0) is 11.8 Å². The van der Waals surface area contributed by atoms with E-state index in [-0.39, 0.29) is 5.41 Å². The average molecular weight is 258 g/mol. The van der Waals surface area contributed by atoms with Crippen molar-refractivity contribution in [3.63, 3.8) is 0 Å². The Balaban J connectivity index is 3.10. The van der Waals surface area contributed by atoms with Gasteiger partial charge < -0.3 is 4.74 Å². The Morgan fingerprint density at radius 2 is 1.95 bits per heavy atom. The van der Waals surface area contributed by atoms with Gasteiger partial charge in [0.05, 0.1) is 6.61 Å². The number of rotatable bonds is 4. The quantitative estimate of drug-likeness (QED) is 0.718. The maximum absolute atomic E-state index is 5.74. The van der Waals surface area contributed by atoms with Crippen molar-refractivity contribution < 1.29 is 4.74 Å². The summed E-state index contributed by atoms with van der Waals surface area (Å²) >= 11 is 0. The third-order valence-electron chi connectivity index (χ3n) is 3.14. The van der Waals surface area contributed by atoms with Gasteiger partial charge in [0.25, 0.3) is 0 Å². The highest BCUT2D eigenvalue weighted by Gasteiger charge is 2.16. The van der Waals surface area contributed by atoms with Crippen molar-refractivity contribution in [2.24, 2.45) is 5.92 Å². The Hall–Kier alpha value is -1.42. The van der Waals surface area contributed by atoms with Crippen LogP contribution in [0.5, 0.6) is 5.75 Å². The van der Waals surface area contributed by atoms with Gasteiger partial charge in [-0.05, 0) is 42.9 Å². The minimum atomic E-state index is 0.166. The summed E-state index contributed by atoms with van der Waals surface area (Å²) in [4.78, 5) is 0. The number of ether oxygens (including phenoxy) is 1. The van der Waals surface area contributed by atoms with E-state index in [0.29, 0.717) is 12.5 Å². The van der Waals surface area contributed by atoms with Gasteiger partial charge in [-0.1, -0.05) is 39.8 Å². The minimum absolute atomic E-state index is 0.166. The van der Waals surface area contributed by atoms with Crippen LogP contribution in [0.15, 0.2) is 18.2 Å². The first-order chi connectivity index (χ1) is 8.88. The van der Waals surface area contributed by atoms with Gasteiger partial charge in [0, 0.05) is 5.92 Å². The molecule has 0 aliphatic heterocycles. The third-order valence-corrected chi connectivity index (χ3v) is 3.14. The average Bonchev–Trinajstić information content (AvgIpc) is 2.30. The van der Waals surface area contributed by atoms with Crippen LogP contribution in [0.1, 0.15) is 52.7 Å². The van der Waals surface area contributed by atoms with E-state index in [9.17, 15) is 0 Å². The number of hydrogen-bond acceptors (Lipinski definition) is 1. The summed E-state index contributed by atoms with van der Waals surface area (Å²) in [7, 11) is 0. The van der Waals surface area contributed by atoms with Gasteiger partial charge in [-0.3, -0.25) is 0 Å². The fourth-order valence-corrected chi connectivity index (χ4v) is 2.13. The van der Waals surface area contributed by atoms with Crippen LogP contribution in [0.2, 0.25) is 0 Å². The molecular weight excluding hydrogens is 232 g/mol. The Kier molecular flexibility index (Phi) is 5.48. The van der Waals surface area contributed by atoms with Gasteiger partial charge in [-0.15, -0.1) is 11.8 Å². The molecule has 0 radical (unpaired) electrons. The molecule has 0 amide bonds. The number of benzene rings is 1. The largest absolute Gasteiger partial charge is 0.494 e. The summed E-state index contributed by atoms with van der Waals surface area (Å²) in [6, 6.07) is 6.55. The molecule has 0 aliphatic rings. The summed E-state index contributed by atoms with van der Waals surface area (Å²) in [6.07, 6.45) is 0.945. The Labute approximate surface area is 118 Å². The molecule has 0 spiro atoms. The van der Waals surface area contributed by atoms with Crippen molar-refractivity contribution in [1.29, 1.82) is 0 Å².